The molecular formula is C25H20N2O6. The van der Waals surface area contributed by atoms with E-state index in [0.29, 0.717) is 21.9 Å². The number of hydrogen-bond acceptors (Lipinski definition) is 6. The second-order valence-corrected chi connectivity index (χ2v) is 8.07. The molecule has 8 heteroatoms. The molecule has 8 nitrogen and oxygen atoms in total. The molecule has 1 unspecified atom stereocenters. The van der Waals surface area contributed by atoms with Gasteiger partial charge >= 0.3 is 11.3 Å². The minimum absolute atomic E-state index is 0.0455. The molecule has 5 rings (SSSR count). The van der Waals surface area contributed by atoms with E-state index < -0.39 is 23.1 Å². The van der Waals surface area contributed by atoms with Gasteiger partial charge in [-0.2, -0.15) is 0 Å². The normalized spacial score (nSPS) is 16.3. The van der Waals surface area contributed by atoms with Gasteiger partial charge in [0.2, 0.25) is 0 Å². The van der Waals surface area contributed by atoms with Gasteiger partial charge in [0.1, 0.15) is 22.3 Å². The van der Waals surface area contributed by atoms with Crippen LogP contribution in [0.4, 0.5) is 0 Å². The monoisotopic (exact) mass is 444 g/mol. The summed E-state index contributed by atoms with van der Waals surface area (Å²) in [5, 5.41) is 1.32. The molecule has 2 aromatic carbocycles. The van der Waals surface area contributed by atoms with Gasteiger partial charge in [-0.3, -0.25) is 9.59 Å². The molecule has 4 aromatic rings. The lowest BCUT2D eigenvalue weighted by Gasteiger charge is -2.39. The first kappa shape index (κ1) is 20.7. The van der Waals surface area contributed by atoms with Crippen LogP contribution in [0.25, 0.3) is 21.9 Å². The highest BCUT2D eigenvalue weighted by atomic mass is 16.4. The van der Waals surface area contributed by atoms with E-state index in [0.717, 1.165) is 0 Å². The van der Waals surface area contributed by atoms with Gasteiger partial charge in [0.05, 0.1) is 0 Å². The third kappa shape index (κ3) is 3.69. The molecule has 1 atom stereocenters. The number of carbonyl (C=O) groups is 2. The Bertz CT molecular complexity index is 1520. The van der Waals surface area contributed by atoms with Crippen LogP contribution >= 0.6 is 0 Å². The third-order valence-corrected chi connectivity index (χ3v) is 5.92. The van der Waals surface area contributed by atoms with Crippen LogP contribution in [0.1, 0.15) is 27.6 Å². The lowest BCUT2D eigenvalue weighted by Crippen LogP contribution is -2.56. The molecule has 1 saturated heterocycles. The predicted octanol–water partition coefficient (Wildman–Crippen LogP) is 2.89. The van der Waals surface area contributed by atoms with Crippen molar-refractivity contribution in [3.05, 3.63) is 92.6 Å². The summed E-state index contributed by atoms with van der Waals surface area (Å²) >= 11 is 0. The number of rotatable bonds is 2. The van der Waals surface area contributed by atoms with Gasteiger partial charge in [0, 0.05) is 36.4 Å². The molecule has 33 heavy (non-hydrogen) atoms. The third-order valence-electron chi connectivity index (χ3n) is 5.92. The fourth-order valence-electron chi connectivity index (χ4n) is 4.19. The fraction of sp³-hybridized carbons (Fsp3) is 0.200. The number of amides is 2. The molecule has 166 valence electrons. The molecule has 3 heterocycles. The Balaban J connectivity index is 1.37. The smallest absolute Gasteiger partial charge is 0.349 e. The molecule has 0 bridgehead atoms. The van der Waals surface area contributed by atoms with Crippen LogP contribution in [-0.4, -0.2) is 47.3 Å². The van der Waals surface area contributed by atoms with Crippen LogP contribution in [-0.2, 0) is 0 Å². The minimum atomic E-state index is -0.696. The molecule has 0 spiro atoms. The average Bonchev–Trinajstić information content (AvgIpc) is 2.82. The Hall–Kier alpha value is -4.20. The predicted molar refractivity (Wildman–Crippen MR) is 121 cm³/mol. The topological polar surface area (TPSA) is 101 Å². The van der Waals surface area contributed by atoms with Crippen molar-refractivity contribution in [1.82, 2.24) is 9.80 Å². The Morgan fingerprint density at radius 3 is 1.85 bits per heavy atom. The lowest BCUT2D eigenvalue weighted by molar-refractivity contribution is 0.0410. The van der Waals surface area contributed by atoms with Crippen LogP contribution in [0.15, 0.2) is 79.1 Å². The van der Waals surface area contributed by atoms with Gasteiger partial charge < -0.3 is 18.6 Å². The van der Waals surface area contributed by atoms with Gasteiger partial charge in [-0.1, -0.05) is 36.4 Å². The van der Waals surface area contributed by atoms with Crippen molar-refractivity contribution in [2.75, 3.05) is 19.6 Å². The van der Waals surface area contributed by atoms with Crippen molar-refractivity contribution in [3.63, 3.8) is 0 Å². The molecule has 1 aliphatic heterocycles. The Morgan fingerprint density at radius 2 is 1.30 bits per heavy atom. The first-order valence-electron chi connectivity index (χ1n) is 10.6. The number of carbonyl (C=O) groups excluding carboxylic acids is 2. The van der Waals surface area contributed by atoms with Crippen molar-refractivity contribution in [2.24, 2.45) is 0 Å². The Labute approximate surface area is 187 Å². The summed E-state index contributed by atoms with van der Waals surface area (Å²) in [5.41, 5.74) is -0.656. The number of benzene rings is 2. The maximum absolute atomic E-state index is 13.1. The lowest BCUT2D eigenvalue weighted by atomic mass is 10.1. The van der Waals surface area contributed by atoms with Crippen molar-refractivity contribution in [1.29, 1.82) is 0 Å². The van der Waals surface area contributed by atoms with Crippen molar-refractivity contribution >= 4 is 33.8 Å². The highest BCUT2D eigenvalue weighted by Gasteiger charge is 2.33. The number of piperazine rings is 1. The highest BCUT2D eigenvalue weighted by Crippen LogP contribution is 2.19. The van der Waals surface area contributed by atoms with Gasteiger partial charge in [-0.15, -0.1) is 0 Å². The molecule has 0 radical (unpaired) electrons. The maximum atomic E-state index is 13.1. The molecule has 0 N–H and O–H groups in total. The summed E-state index contributed by atoms with van der Waals surface area (Å²) in [4.78, 5) is 54.0. The Morgan fingerprint density at radius 1 is 0.788 bits per heavy atom. The van der Waals surface area contributed by atoms with Crippen molar-refractivity contribution in [2.45, 2.75) is 13.0 Å². The number of nitrogens with zero attached hydrogens (tertiary/aromatic N) is 2. The largest absolute Gasteiger partial charge is 0.422 e. The average molecular weight is 444 g/mol. The van der Waals surface area contributed by atoms with Crippen LogP contribution < -0.4 is 11.3 Å². The van der Waals surface area contributed by atoms with E-state index in [1.165, 1.54) is 17.0 Å². The first-order valence-corrected chi connectivity index (χ1v) is 10.6. The molecular weight excluding hydrogens is 424 g/mol. The SMILES string of the molecule is CC1CN(C(=O)c2cc3ccccc3oc2=O)CCN1C(=O)c1cc2ccccc2oc1=O. The van der Waals surface area contributed by atoms with Gasteiger partial charge in [0.25, 0.3) is 11.8 Å². The summed E-state index contributed by atoms with van der Waals surface area (Å²) < 4.78 is 10.6. The molecule has 0 aliphatic carbocycles. The van der Waals surface area contributed by atoms with Crippen LogP contribution in [0.2, 0.25) is 0 Å². The second kappa shape index (κ2) is 8.05. The second-order valence-electron chi connectivity index (χ2n) is 8.07. The zero-order valence-electron chi connectivity index (χ0n) is 17.8. The van der Waals surface area contributed by atoms with Crippen molar-refractivity contribution < 1.29 is 18.4 Å². The first-order chi connectivity index (χ1) is 15.9. The molecule has 2 amide bonds. The standard InChI is InChI=1S/C25H20N2O6/c1-15-14-26(22(28)18-12-16-6-2-4-8-20(16)32-24(18)30)10-11-27(15)23(29)19-13-17-7-3-5-9-21(17)33-25(19)31/h2-9,12-13,15H,10-11,14H2,1H3. The van der Waals surface area contributed by atoms with Crippen LogP contribution in [0, 0.1) is 0 Å². The fourth-order valence-corrected chi connectivity index (χ4v) is 4.19. The zero-order valence-corrected chi connectivity index (χ0v) is 17.8. The summed E-state index contributed by atoms with van der Waals surface area (Å²) in [6, 6.07) is 16.7. The zero-order chi connectivity index (χ0) is 23.1. The van der Waals surface area contributed by atoms with E-state index in [9.17, 15) is 19.2 Å². The van der Waals surface area contributed by atoms with Gasteiger partial charge in [-0.05, 0) is 31.2 Å². The molecule has 1 fully saturated rings. The number of hydrogen-bond donors (Lipinski definition) is 0. The van der Waals surface area contributed by atoms with Crippen LogP contribution in [0.3, 0.4) is 0 Å². The van der Waals surface area contributed by atoms with E-state index in [4.69, 9.17) is 8.83 Å². The van der Waals surface area contributed by atoms with E-state index in [2.05, 4.69) is 0 Å². The number of para-hydroxylation sites is 2. The van der Waals surface area contributed by atoms with E-state index >= 15 is 0 Å². The van der Waals surface area contributed by atoms with Crippen LogP contribution in [0.5, 0.6) is 0 Å². The van der Waals surface area contributed by atoms with Crippen molar-refractivity contribution in [3.8, 4) is 0 Å². The highest BCUT2D eigenvalue weighted by molar-refractivity contribution is 5.98. The van der Waals surface area contributed by atoms with Gasteiger partial charge in [-0.25, -0.2) is 9.59 Å². The molecule has 1 aliphatic rings. The minimum Gasteiger partial charge on any atom is -0.422 e. The summed E-state index contributed by atoms with van der Waals surface area (Å²) in [7, 11) is 0. The van der Waals surface area contributed by atoms with Gasteiger partial charge in [0.15, 0.2) is 0 Å². The summed E-state index contributed by atoms with van der Waals surface area (Å²) in [6.45, 7) is 2.45. The molecule has 0 saturated carbocycles. The van der Waals surface area contributed by atoms with E-state index in [1.807, 2.05) is 0 Å². The molecule has 2 aromatic heterocycles. The van der Waals surface area contributed by atoms with E-state index in [1.54, 1.807) is 60.4 Å². The summed E-state index contributed by atoms with van der Waals surface area (Å²) in [5.74, 6) is -0.891. The summed E-state index contributed by atoms with van der Waals surface area (Å²) in [6.07, 6.45) is 0. The maximum Gasteiger partial charge on any atom is 0.349 e. The van der Waals surface area contributed by atoms with E-state index in [-0.39, 0.29) is 36.8 Å². The Kier molecular flexibility index (Phi) is 5.05. The number of fused-ring (bicyclic) bond motifs is 2. The quantitative estimate of drug-likeness (QED) is 0.441.